The molecule has 7 heteroatoms. The van der Waals surface area contributed by atoms with Crippen molar-refractivity contribution in [3.63, 3.8) is 0 Å². The highest BCUT2D eigenvalue weighted by Crippen LogP contribution is 2.03. The number of hydrogen-bond donors (Lipinski definition) is 3. The fraction of sp³-hybridized carbons (Fsp3) is 0.0909. The first-order valence-electron chi connectivity index (χ1n) is 5.12. The second-order valence-corrected chi connectivity index (χ2v) is 3.51. The lowest BCUT2D eigenvalue weighted by Crippen LogP contribution is -2.09. The van der Waals surface area contributed by atoms with Gasteiger partial charge in [0.05, 0.1) is 6.33 Å². The van der Waals surface area contributed by atoms with Crippen molar-refractivity contribution in [2.75, 3.05) is 5.32 Å². The summed E-state index contributed by atoms with van der Waals surface area (Å²) in [5.41, 5.74) is 0.543. The summed E-state index contributed by atoms with van der Waals surface area (Å²) < 4.78 is 0. The van der Waals surface area contributed by atoms with Crippen LogP contribution in [0.4, 0.5) is 5.82 Å². The number of nitrogens with zero attached hydrogens (tertiary/aromatic N) is 2. The number of H-pyrrole nitrogens is 1. The first kappa shape index (κ1) is 11.8. The molecule has 2 heterocycles. The van der Waals surface area contributed by atoms with Crippen molar-refractivity contribution in [3.8, 4) is 0 Å². The van der Waals surface area contributed by atoms with Gasteiger partial charge >= 0.3 is 5.97 Å². The zero-order valence-corrected chi connectivity index (χ0v) is 9.25. The second-order valence-electron chi connectivity index (χ2n) is 3.51. The Morgan fingerprint density at radius 2 is 2.22 bits per heavy atom. The molecule has 7 nitrogen and oxygen atoms in total. The number of aromatic amines is 1. The third-order valence-electron chi connectivity index (χ3n) is 2.20. The molecule has 0 atom stereocenters. The highest BCUT2D eigenvalue weighted by molar-refractivity contribution is 5.85. The van der Waals surface area contributed by atoms with Crippen LogP contribution in [0.2, 0.25) is 0 Å². The highest BCUT2D eigenvalue weighted by Gasteiger charge is 2.03. The Bertz CT molecular complexity index is 606. The van der Waals surface area contributed by atoms with Crippen LogP contribution in [-0.4, -0.2) is 26.0 Å². The Labute approximate surface area is 102 Å². The quantitative estimate of drug-likeness (QED) is 0.724. The smallest absolute Gasteiger partial charge is 0.354 e. The van der Waals surface area contributed by atoms with Gasteiger partial charge in [0.2, 0.25) is 0 Å². The van der Waals surface area contributed by atoms with E-state index in [2.05, 4.69) is 20.3 Å². The Hall–Kier alpha value is -2.70. The molecule has 0 aromatic carbocycles. The summed E-state index contributed by atoms with van der Waals surface area (Å²) in [7, 11) is 0. The molecule has 2 aromatic heterocycles. The van der Waals surface area contributed by atoms with E-state index < -0.39 is 5.97 Å². The predicted molar refractivity (Wildman–Crippen MR) is 63.4 cm³/mol. The summed E-state index contributed by atoms with van der Waals surface area (Å²) in [5, 5.41) is 11.6. The van der Waals surface area contributed by atoms with Crippen LogP contribution in [0.3, 0.4) is 0 Å². The van der Waals surface area contributed by atoms with Gasteiger partial charge in [-0.1, -0.05) is 6.07 Å². The Morgan fingerprint density at radius 3 is 2.83 bits per heavy atom. The molecule has 0 aliphatic rings. The van der Waals surface area contributed by atoms with E-state index >= 15 is 0 Å². The van der Waals surface area contributed by atoms with Crippen molar-refractivity contribution in [1.82, 2.24) is 15.0 Å². The summed E-state index contributed by atoms with van der Waals surface area (Å²) in [6, 6.07) is 4.40. The fourth-order valence-corrected chi connectivity index (χ4v) is 1.31. The van der Waals surface area contributed by atoms with Crippen molar-refractivity contribution in [2.45, 2.75) is 6.54 Å². The molecule has 3 N–H and O–H groups in total. The zero-order chi connectivity index (χ0) is 13.0. The van der Waals surface area contributed by atoms with Gasteiger partial charge in [0.25, 0.3) is 5.56 Å². The Kier molecular flexibility index (Phi) is 3.33. The standard InChI is InChI=1S/C11H10N4O3/c16-10-3-9(14-6-15-10)13-5-7-1-2-8(11(17)18)12-4-7/h1-4,6H,5H2,(H,17,18)(H2,13,14,15,16). The van der Waals surface area contributed by atoms with Crippen LogP contribution in [0.25, 0.3) is 0 Å². The molecule has 0 saturated carbocycles. The molecule has 0 bridgehead atoms. The van der Waals surface area contributed by atoms with Crippen molar-refractivity contribution in [1.29, 1.82) is 0 Å². The molecule has 0 aliphatic carbocycles. The molecule has 0 fully saturated rings. The summed E-state index contributed by atoms with van der Waals surface area (Å²) in [5.74, 6) is -0.619. The summed E-state index contributed by atoms with van der Waals surface area (Å²) in [6.07, 6.45) is 2.76. The van der Waals surface area contributed by atoms with E-state index in [9.17, 15) is 9.59 Å². The van der Waals surface area contributed by atoms with Crippen molar-refractivity contribution < 1.29 is 9.90 Å². The van der Waals surface area contributed by atoms with E-state index in [1.807, 2.05) is 0 Å². The number of pyridine rings is 1. The van der Waals surface area contributed by atoms with Crippen LogP contribution >= 0.6 is 0 Å². The van der Waals surface area contributed by atoms with Gasteiger partial charge in [-0.2, -0.15) is 0 Å². The Morgan fingerprint density at radius 1 is 1.39 bits per heavy atom. The van der Waals surface area contributed by atoms with Crippen molar-refractivity contribution in [3.05, 3.63) is 52.3 Å². The lowest BCUT2D eigenvalue weighted by molar-refractivity contribution is 0.0690. The van der Waals surface area contributed by atoms with E-state index in [4.69, 9.17) is 5.11 Å². The lowest BCUT2D eigenvalue weighted by atomic mass is 10.2. The van der Waals surface area contributed by atoms with Gasteiger partial charge in [0.15, 0.2) is 0 Å². The number of aromatic carboxylic acids is 1. The Balaban J connectivity index is 2.02. The minimum Gasteiger partial charge on any atom is -0.477 e. The fourth-order valence-electron chi connectivity index (χ4n) is 1.31. The summed E-state index contributed by atoms with van der Waals surface area (Å²) in [4.78, 5) is 31.7. The molecule has 2 aromatic rings. The second kappa shape index (κ2) is 5.09. The van der Waals surface area contributed by atoms with Crippen molar-refractivity contribution in [2.24, 2.45) is 0 Å². The number of rotatable bonds is 4. The highest BCUT2D eigenvalue weighted by atomic mass is 16.4. The summed E-state index contributed by atoms with van der Waals surface area (Å²) >= 11 is 0. The molecule has 0 unspecified atom stereocenters. The van der Waals surface area contributed by atoms with Crippen LogP contribution in [-0.2, 0) is 6.54 Å². The molecule has 0 spiro atoms. The predicted octanol–water partition coefficient (Wildman–Crippen LogP) is 0.475. The minimum atomic E-state index is -1.06. The molecule has 2 rings (SSSR count). The number of hydrogen-bond acceptors (Lipinski definition) is 5. The maximum absolute atomic E-state index is 11.0. The molecule has 0 amide bonds. The van der Waals surface area contributed by atoms with Crippen LogP contribution in [0.1, 0.15) is 16.1 Å². The maximum Gasteiger partial charge on any atom is 0.354 e. The van der Waals surface area contributed by atoms with Crippen LogP contribution in [0.5, 0.6) is 0 Å². The van der Waals surface area contributed by atoms with Crippen molar-refractivity contribution >= 4 is 11.8 Å². The van der Waals surface area contributed by atoms with Gasteiger partial charge in [0.1, 0.15) is 11.5 Å². The van der Waals surface area contributed by atoms with E-state index in [-0.39, 0.29) is 11.3 Å². The molecule has 18 heavy (non-hydrogen) atoms. The van der Waals surface area contributed by atoms with Gasteiger partial charge in [-0.05, 0) is 11.6 Å². The summed E-state index contributed by atoms with van der Waals surface area (Å²) in [6.45, 7) is 0.406. The van der Waals surface area contributed by atoms with Gasteiger partial charge in [0, 0.05) is 18.8 Å². The average Bonchev–Trinajstić information content (AvgIpc) is 2.37. The number of anilines is 1. The normalized spacial score (nSPS) is 10.0. The van der Waals surface area contributed by atoms with Crippen LogP contribution < -0.4 is 10.9 Å². The van der Waals surface area contributed by atoms with Gasteiger partial charge in [-0.25, -0.2) is 14.8 Å². The third-order valence-corrected chi connectivity index (χ3v) is 2.20. The first-order chi connectivity index (χ1) is 8.65. The largest absolute Gasteiger partial charge is 0.477 e. The lowest BCUT2D eigenvalue weighted by Gasteiger charge is -2.04. The number of carboxylic acid groups (broad SMARTS) is 1. The van der Waals surface area contributed by atoms with Gasteiger partial charge < -0.3 is 15.4 Å². The SMILES string of the molecule is O=C(O)c1ccc(CNc2cc(=O)[nH]cn2)cn1. The topological polar surface area (TPSA) is 108 Å². The van der Waals surface area contributed by atoms with Crippen LogP contribution in [0.15, 0.2) is 35.5 Å². The molecular formula is C11H10N4O3. The van der Waals surface area contributed by atoms with E-state index in [0.717, 1.165) is 5.56 Å². The number of aromatic nitrogens is 3. The third kappa shape index (κ3) is 2.91. The van der Waals surface area contributed by atoms with Gasteiger partial charge in [-0.3, -0.25) is 4.79 Å². The van der Waals surface area contributed by atoms with Gasteiger partial charge in [-0.15, -0.1) is 0 Å². The van der Waals surface area contributed by atoms with E-state index in [0.29, 0.717) is 12.4 Å². The molecule has 0 aliphatic heterocycles. The monoisotopic (exact) mass is 246 g/mol. The van der Waals surface area contributed by atoms with E-state index in [1.54, 1.807) is 6.07 Å². The minimum absolute atomic E-state index is 0.00645. The first-order valence-corrected chi connectivity index (χ1v) is 5.12. The number of nitrogens with one attached hydrogen (secondary N) is 2. The molecule has 0 saturated heterocycles. The molecule has 92 valence electrons. The average molecular weight is 246 g/mol. The maximum atomic E-state index is 11.0. The van der Waals surface area contributed by atoms with Crippen LogP contribution in [0, 0.1) is 0 Å². The number of carboxylic acids is 1. The number of carbonyl (C=O) groups is 1. The zero-order valence-electron chi connectivity index (χ0n) is 9.25. The van der Waals surface area contributed by atoms with E-state index in [1.165, 1.54) is 24.7 Å². The molecular weight excluding hydrogens is 236 g/mol. The molecule has 0 radical (unpaired) electrons.